The molecule has 49 valence electrons. The second kappa shape index (κ2) is 2.65. The SMILES string of the molecule is NC(=O)N([C]=O)C(N)=O. The molecule has 0 heterocycles. The Balaban J connectivity index is 4.16. The van der Waals surface area contributed by atoms with Gasteiger partial charge in [0.25, 0.3) is 0 Å². The van der Waals surface area contributed by atoms with Gasteiger partial charge in [0, 0.05) is 0 Å². The molecule has 0 aromatic carbocycles. The van der Waals surface area contributed by atoms with Crippen LogP contribution >= 0.6 is 0 Å². The van der Waals surface area contributed by atoms with Crippen LogP contribution < -0.4 is 11.5 Å². The summed E-state index contributed by atoms with van der Waals surface area (Å²) in [7, 11) is 0. The first-order valence-electron chi connectivity index (χ1n) is 1.86. The summed E-state index contributed by atoms with van der Waals surface area (Å²) in [5.41, 5.74) is 8.94. The predicted octanol–water partition coefficient (Wildman–Crippen LogP) is -1.49. The van der Waals surface area contributed by atoms with E-state index >= 15 is 0 Å². The molecule has 6 heteroatoms. The Hall–Kier alpha value is -1.59. The number of carbonyl (C=O) groups is 2. The van der Waals surface area contributed by atoms with E-state index in [4.69, 9.17) is 0 Å². The van der Waals surface area contributed by atoms with Crippen molar-refractivity contribution in [3.05, 3.63) is 0 Å². The van der Waals surface area contributed by atoms with Gasteiger partial charge >= 0.3 is 18.5 Å². The average molecular weight is 130 g/mol. The maximum Gasteiger partial charge on any atom is 0.330 e. The zero-order valence-electron chi connectivity index (χ0n) is 4.33. The van der Waals surface area contributed by atoms with Crippen molar-refractivity contribution < 1.29 is 14.4 Å². The van der Waals surface area contributed by atoms with E-state index in [0.29, 0.717) is 0 Å². The van der Waals surface area contributed by atoms with Gasteiger partial charge in [0.2, 0.25) is 0 Å². The summed E-state index contributed by atoms with van der Waals surface area (Å²) in [6.07, 6.45) is 0.935. The molecule has 0 rings (SSSR count). The highest BCUT2D eigenvalue weighted by Crippen LogP contribution is 1.78. The summed E-state index contributed by atoms with van der Waals surface area (Å²) in [6, 6.07) is -2.48. The van der Waals surface area contributed by atoms with Crippen LogP contribution in [-0.2, 0) is 4.79 Å². The monoisotopic (exact) mass is 130 g/mol. The minimum absolute atomic E-state index is 0.0694. The van der Waals surface area contributed by atoms with Crippen molar-refractivity contribution in [1.29, 1.82) is 0 Å². The molecule has 0 saturated heterocycles. The number of carbonyl (C=O) groups excluding carboxylic acids is 3. The zero-order chi connectivity index (χ0) is 7.44. The third-order valence-electron chi connectivity index (χ3n) is 0.532. The van der Waals surface area contributed by atoms with Crippen molar-refractivity contribution in [2.45, 2.75) is 0 Å². The fourth-order valence-corrected chi connectivity index (χ4v) is 0.199. The Morgan fingerprint density at radius 2 is 1.56 bits per heavy atom. The topological polar surface area (TPSA) is 106 Å². The van der Waals surface area contributed by atoms with Gasteiger partial charge in [-0.25, -0.2) is 9.59 Å². The van der Waals surface area contributed by atoms with Crippen LogP contribution in [0.1, 0.15) is 0 Å². The number of amides is 5. The van der Waals surface area contributed by atoms with Crippen LogP contribution in [0, 0.1) is 0 Å². The highest BCUT2D eigenvalue weighted by Gasteiger charge is 2.14. The highest BCUT2D eigenvalue weighted by atomic mass is 16.2. The molecule has 0 unspecified atom stereocenters. The lowest BCUT2D eigenvalue weighted by Gasteiger charge is -2.02. The van der Waals surface area contributed by atoms with Gasteiger partial charge in [-0.3, -0.25) is 4.79 Å². The van der Waals surface area contributed by atoms with Crippen LogP contribution in [0.25, 0.3) is 0 Å². The van der Waals surface area contributed by atoms with Crippen LogP contribution in [0.4, 0.5) is 9.59 Å². The van der Waals surface area contributed by atoms with E-state index in [-0.39, 0.29) is 4.90 Å². The summed E-state index contributed by atoms with van der Waals surface area (Å²) in [5.74, 6) is 0. The highest BCUT2D eigenvalue weighted by molar-refractivity contribution is 6.02. The molecule has 1 radical (unpaired) electrons. The lowest BCUT2D eigenvalue weighted by atomic mass is 10.8. The molecule has 0 aliphatic rings. The summed E-state index contributed by atoms with van der Waals surface area (Å²) in [4.78, 5) is 29.4. The third kappa shape index (κ3) is 1.76. The standard InChI is InChI=1S/C3H4N3O3/c4-2(8)6(1-7)3(5)9/h(H2,4,8)(H2,5,9). The van der Waals surface area contributed by atoms with E-state index < -0.39 is 12.1 Å². The summed E-state index contributed by atoms with van der Waals surface area (Å²) >= 11 is 0. The van der Waals surface area contributed by atoms with Gasteiger partial charge in [-0.05, 0) is 0 Å². The van der Waals surface area contributed by atoms with Crippen LogP contribution in [0.5, 0.6) is 0 Å². The van der Waals surface area contributed by atoms with Gasteiger partial charge in [0.1, 0.15) is 0 Å². The van der Waals surface area contributed by atoms with Crippen molar-refractivity contribution in [2.75, 3.05) is 0 Å². The van der Waals surface area contributed by atoms with E-state index in [1.165, 1.54) is 0 Å². The number of nitrogens with zero attached hydrogens (tertiary/aromatic N) is 1. The fraction of sp³-hybridized carbons (Fsp3) is 0. The van der Waals surface area contributed by atoms with Crippen molar-refractivity contribution in [1.82, 2.24) is 4.90 Å². The van der Waals surface area contributed by atoms with Gasteiger partial charge in [0.05, 0.1) is 0 Å². The van der Waals surface area contributed by atoms with Crippen molar-refractivity contribution in [2.24, 2.45) is 11.5 Å². The van der Waals surface area contributed by atoms with Crippen molar-refractivity contribution in [3.63, 3.8) is 0 Å². The molecule has 4 N–H and O–H groups in total. The number of hydrogen-bond donors (Lipinski definition) is 2. The summed E-state index contributed by atoms with van der Waals surface area (Å²) in [6.45, 7) is 0. The van der Waals surface area contributed by atoms with E-state index in [1.807, 2.05) is 0 Å². The predicted molar refractivity (Wildman–Crippen MR) is 26.7 cm³/mol. The van der Waals surface area contributed by atoms with Crippen molar-refractivity contribution >= 4 is 18.5 Å². The maximum atomic E-state index is 9.96. The minimum atomic E-state index is -1.24. The van der Waals surface area contributed by atoms with Gasteiger partial charge in [-0.1, -0.05) is 0 Å². The second-order valence-corrected chi connectivity index (χ2v) is 1.10. The quantitative estimate of drug-likeness (QED) is 0.422. The fourth-order valence-electron chi connectivity index (χ4n) is 0.199. The van der Waals surface area contributed by atoms with Gasteiger partial charge in [0.15, 0.2) is 0 Å². The number of hydrogen-bond acceptors (Lipinski definition) is 3. The molecule has 0 atom stereocenters. The smallest absolute Gasteiger partial charge is 0.330 e. The number of urea groups is 2. The van der Waals surface area contributed by atoms with Crippen molar-refractivity contribution in [3.8, 4) is 0 Å². The molecule has 0 aromatic rings. The third-order valence-corrected chi connectivity index (χ3v) is 0.532. The second-order valence-electron chi connectivity index (χ2n) is 1.10. The molecule has 0 aliphatic carbocycles. The zero-order valence-corrected chi connectivity index (χ0v) is 4.33. The van der Waals surface area contributed by atoms with Crippen LogP contribution in [0.3, 0.4) is 0 Å². The minimum Gasteiger partial charge on any atom is -0.351 e. The Kier molecular flexibility index (Phi) is 2.18. The Morgan fingerprint density at radius 1 is 1.22 bits per heavy atom. The molecule has 0 aromatic heterocycles. The molecule has 6 nitrogen and oxygen atoms in total. The number of rotatable bonds is 1. The normalized spacial score (nSPS) is 8.00. The summed E-state index contributed by atoms with van der Waals surface area (Å²) < 4.78 is 0. The van der Waals surface area contributed by atoms with Crippen LogP contribution in [0.15, 0.2) is 0 Å². The first-order valence-corrected chi connectivity index (χ1v) is 1.86. The number of primary amides is 2. The van der Waals surface area contributed by atoms with E-state index in [0.717, 1.165) is 6.41 Å². The first-order chi connectivity index (χ1) is 4.09. The van der Waals surface area contributed by atoms with Gasteiger partial charge in [-0.15, -0.1) is 0 Å². The molecule has 0 spiro atoms. The van der Waals surface area contributed by atoms with Gasteiger partial charge in [-0.2, -0.15) is 4.90 Å². The number of nitrogens with two attached hydrogens (primary N) is 2. The number of imide groups is 3. The first kappa shape index (κ1) is 7.41. The maximum absolute atomic E-state index is 9.96. The molecular formula is C3H4N3O3. The largest absolute Gasteiger partial charge is 0.351 e. The molecule has 0 aliphatic heterocycles. The van der Waals surface area contributed by atoms with Crippen LogP contribution in [0.2, 0.25) is 0 Å². The molecule has 5 amide bonds. The van der Waals surface area contributed by atoms with E-state index in [9.17, 15) is 14.4 Å². The molecule has 0 saturated carbocycles. The Labute approximate surface area is 50.4 Å². The van der Waals surface area contributed by atoms with Gasteiger partial charge < -0.3 is 11.5 Å². The lowest BCUT2D eigenvalue weighted by Crippen LogP contribution is -2.42. The molecule has 9 heavy (non-hydrogen) atoms. The van der Waals surface area contributed by atoms with Crippen LogP contribution in [-0.4, -0.2) is 23.4 Å². The molecule has 0 bridgehead atoms. The molecular weight excluding hydrogens is 126 g/mol. The average Bonchev–Trinajstić information content (AvgIpc) is 1.64. The van der Waals surface area contributed by atoms with E-state index in [2.05, 4.69) is 11.5 Å². The summed E-state index contributed by atoms with van der Waals surface area (Å²) in [5, 5.41) is 0. The Bertz CT molecular complexity index is 140. The lowest BCUT2D eigenvalue weighted by molar-refractivity contribution is 0.214. The Morgan fingerprint density at radius 3 is 1.56 bits per heavy atom. The molecule has 0 fully saturated rings. The van der Waals surface area contributed by atoms with E-state index in [1.54, 1.807) is 0 Å².